The number of nitrogens with two attached hydrogens (primary N) is 1. The Labute approximate surface area is 171 Å². The third kappa shape index (κ3) is 4.22. The monoisotopic (exact) mass is 377 g/mol. The van der Waals surface area contributed by atoms with Crippen LogP contribution in [0.15, 0.2) is 104 Å². The number of hydrogen-bond donors (Lipinski definition) is 1. The highest BCUT2D eigenvalue weighted by Gasteiger charge is 2.06. The molecular weight excluding hydrogens is 354 g/mol. The van der Waals surface area contributed by atoms with Gasteiger partial charge in [-0.25, -0.2) is 0 Å². The Morgan fingerprint density at radius 2 is 1.31 bits per heavy atom. The van der Waals surface area contributed by atoms with Crippen LogP contribution in [-0.2, 0) is 0 Å². The van der Waals surface area contributed by atoms with Crippen molar-refractivity contribution >= 4 is 11.4 Å². The van der Waals surface area contributed by atoms with Gasteiger partial charge in [-0.1, -0.05) is 91.0 Å². The standard InChI is InChI=1S/C27H23NO/c1-19-7-5-8-23(17-19)25-10-6-9-24(18-25)22-15-13-21(14-16-22)20(2)29-27-12-4-3-11-26(27)28/h3-18H,2,28H2,1H3. The molecule has 2 N–H and O–H groups in total. The summed E-state index contributed by atoms with van der Waals surface area (Å²) in [5, 5.41) is 0. The Morgan fingerprint density at radius 3 is 2.00 bits per heavy atom. The van der Waals surface area contributed by atoms with Gasteiger partial charge in [0.1, 0.15) is 11.5 Å². The minimum Gasteiger partial charge on any atom is -0.455 e. The lowest BCUT2D eigenvalue weighted by molar-refractivity contribution is 0.519. The highest BCUT2D eigenvalue weighted by Crippen LogP contribution is 2.29. The summed E-state index contributed by atoms with van der Waals surface area (Å²) in [5.41, 5.74) is 13.5. The van der Waals surface area contributed by atoms with E-state index in [2.05, 4.69) is 74.2 Å². The molecule has 0 atom stereocenters. The molecule has 4 aromatic rings. The van der Waals surface area contributed by atoms with Gasteiger partial charge in [0.2, 0.25) is 0 Å². The summed E-state index contributed by atoms with van der Waals surface area (Å²) >= 11 is 0. The van der Waals surface area contributed by atoms with E-state index in [4.69, 9.17) is 10.5 Å². The molecule has 2 nitrogen and oxygen atoms in total. The van der Waals surface area contributed by atoms with Crippen molar-refractivity contribution in [2.75, 3.05) is 5.73 Å². The largest absolute Gasteiger partial charge is 0.455 e. The molecule has 0 amide bonds. The van der Waals surface area contributed by atoms with Crippen LogP contribution >= 0.6 is 0 Å². The second-order valence-electron chi connectivity index (χ2n) is 7.09. The number of benzene rings is 4. The summed E-state index contributed by atoms with van der Waals surface area (Å²) in [6, 6.07) is 32.8. The number of rotatable bonds is 5. The lowest BCUT2D eigenvalue weighted by Gasteiger charge is -2.12. The first-order valence-corrected chi connectivity index (χ1v) is 9.59. The molecule has 142 valence electrons. The molecule has 29 heavy (non-hydrogen) atoms. The summed E-state index contributed by atoms with van der Waals surface area (Å²) in [6.07, 6.45) is 0. The smallest absolute Gasteiger partial charge is 0.150 e. The van der Waals surface area contributed by atoms with Gasteiger partial charge >= 0.3 is 0 Å². The van der Waals surface area contributed by atoms with Crippen molar-refractivity contribution in [3.8, 4) is 28.0 Å². The van der Waals surface area contributed by atoms with Crippen molar-refractivity contribution < 1.29 is 4.74 Å². The number of aryl methyl sites for hydroxylation is 1. The van der Waals surface area contributed by atoms with E-state index in [1.165, 1.54) is 22.3 Å². The molecule has 2 heteroatoms. The summed E-state index contributed by atoms with van der Waals surface area (Å²) in [6.45, 7) is 6.16. The van der Waals surface area contributed by atoms with Crippen LogP contribution in [0.4, 0.5) is 5.69 Å². The van der Waals surface area contributed by atoms with Crippen LogP contribution in [0, 0.1) is 6.92 Å². The lowest BCUT2D eigenvalue weighted by Crippen LogP contribution is -1.97. The molecule has 4 rings (SSSR count). The first-order valence-electron chi connectivity index (χ1n) is 9.59. The van der Waals surface area contributed by atoms with E-state index in [1.807, 2.05) is 36.4 Å². The SMILES string of the molecule is C=C(Oc1ccccc1N)c1ccc(-c2cccc(-c3cccc(C)c3)c2)cc1. The van der Waals surface area contributed by atoms with E-state index in [9.17, 15) is 0 Å². The van der Waals surface area contributed by atoms with Crippen molar-refractivity contribution in [2.45, 2.75) is 6.92 Å². The summed E-state index contributed by atoms with van der Waals surface area (Å²) in [5.74, 6) is 1.19. The second kappa shape index (κ2) is 8.07. The lowest BCUT2D eigenvalue weighted by atomic mass is 9.97. The number of hydrogen-bond acceptors (Lipinski definition) is 2. The van der Waals surface area contributed by atoms with Crippen LogP contribution in [-0.4, -0.2) is 0 Å². The molecule has 0 fully saturated rings. The van der Waals surface area contributed by atoms with Gasteiger partial charge in [-0.3, -0.25) is 0 Å². The van der Waals surface area contributed by atoms with Crippen molar-refractivity contribution in [1.82, 2.24) is 0 Å². The fourth-order valence-corrected chi connectivity index (χ4v) is 3.32. The molecule has 0 radical (unpaired) electrons. The van der Waals surface area contributed by atoms with E-state index in [1.54, 1.807) is 0 Å². The van der Waals surface area contributed by atoms with Crippen LogP contribution in [0.2, 0.25) is 0 Å². The first-order chi connectivity index (χ1) is 14.1. The summed E-state index contributed by atoms with van der Waals surface area (Å²) in [4.78, 5) is 0. The van der Waals surface area contributed by atoms with Gasteiger partial charge < -0.3 is 10.5 Å². The average molecular weight is 377 g/mol. The first kappa shape index (κ1) is 18.6. The topological polar surface area (TPSA) is 35.2 Å². The zero-order valence-electron chi connectivity index (χ0n) is 16.4. The Hall–Kier alpha value is -3.78. The predicted molar refractivity (Wildman–Crippen MR) is 123 cm³/mol. The van der Waals surface area contributed by atoms with Gasteiger partial charge in [-0.2, -0.15) is 0 Å². The quantitative estimate of drug-likeness (QED) is 0.301. The Balaban J connectivity index is 1.56. The van der Waals surface area contributed by atoms with Crippen LogP contribution in [0.3, 0.4) is 0 Å². The number of anilines is 1. The molecular formula is C27H23NO. The van der Waals surface area contributed by atoms with Gasteiger partial charge in [0.15, 0.2) is 0 Å². The Morgan fingerprint density at radius 1 is 0.690 bits per heavy atom. The molecule has 0 spiro atoms. The highest BCUT2D eigenvalue weighted by atomic mass is 16.5. The zero-order chi connectivity index (χ0) is 20.2. The molecule has 0 unspecified atom stereocenters. The number of nitrogen functional groups attached to an aromatic ring is 1. The Kier molecular flexibility index (Phi) is 5.17. The normalized spacial score (nSPS) is 10.5. The molecule has 0 saturated carbocycles. The third-order valence-electron chi connectivity index (χ3n) is 4.91. The maximum absolute atomic E-state index is 5.95. The Bertz CT molecular complexity index is 1160. The maximum atomic E-state index is 5.95. The molecule has 4 aromatic carbocycles. The fourth-order valence-electron chi connectivity index (χ4n) is 3.32. The minimum absolute atomic E-state index is 0.572. The molecule has 0 aromatic heterocycles. The van der Waals surface area contributed by atoms with E-state index < -0.39 is 0 Å². The van der Waals surface area contributed by atoms with Crippen molar-refractivity contribution in [1.29, 1.82) is 0 Å². The van der Waals surface area contributed by atoms with Crippen molar-refractivity contribution in [3.05, 3.63) is 115 Å². The predicted octanol–water partition coefficient (Wildman–Crippen LogP) is 6.96. The summed E-state index contributed by atoms with van der Waals surface area (Å²) < 4.78 is 5.85. The van der Waals surface area contributed by atoms with Gasteiger partial charge in [0.05, 0.1) is 5.69 Å². The fraction of sp³-hybridized carbons (Fsp3) is 0.0370. The van der Waals surface area contributed by atoms with E-state index in [-0.39, 0.29) is 0 Å². The average Bonchev–Trinajstić information content (AvgIpc) is 2.75. The molecule has 0 saturated heterocycles. The highest BCUT2D eigenvalue weighted by molar-refractivity contribution is 5.74. The minimum atomic E-state index is 0.572. The van der Waals surface area contributed by atoms with Crippen molar-refractivity contribution in [2.24, 2.45) is 0 Å². The van der Waals surface area contributed by atoms with Gasteiger partial charge in [-0.05, 0) is 47.4 Å². The summed E-state index contributed by atoms with van der Waals surface area (Å²) in [7, 11) is 0. The molecule has 0 bridgehead atoms. The van der Waals surface area contributed by atoms with Crippen LogP contribution < -0.4 is 10.5 Å². The van der Waals surface area contributed by atoms with Crippen LogP contribution in [0.1, 0.15) is 11.1 Å². The van der Waals surface area contributed by atoms with Gasteiger partial charge in [0, 0.05) is 5.56 Å². The third-order valence-corrected chi connectivity index (χ3v) is 4.91. The van der Waals surface area contributed by atoms with Gasteiger partial charge in [0.25, 0.3) is 0 Å². The second-order valence-corrected chi connectivity index (χ2v) is 7.09. The van der Waals surface area contributed by atoms with Crippen molar-refractivity contribution in [3.63, 3.8) is 0 Å². The molecule has 0 heterocycles. The van der Waals surface area contributed by atoms with Crippen LogP contribution in [0.25, 0.3) is 28.0 Å². The number of ether oxygens (including phenoxy) is 1. The van der Waals surface area contributed by atoms with E-state index >= 15 is 0 Å². The zero-order valence-corrected chi connectivity index (χ0v) is 16.4. The maximum Gasteiger partial charge on any atom is 0.150 e. The molecule has 0 aliphatic carbocycles. The molecule has 0 aliphatic rings. The molecule has 0 aliphatic heterocycles. The van der Waals surface area contributed by atoms with Gasteiger partial charge in [-0.15, -0.1) is 0 Å². The van der Waals surface area contributed by atoms with E-state index in [0.717, 1.165) is 11.1 Å². The van der Waals surface area contributed by atoms with E-state index in [0.29, 0.717) is 17.2 Å². The van der Waals surface area contributed by atoms with Crippen LogP contribution in [0.5, 0.6) is 5.75 Å². The number of para-hydroxylation sites is 2.